The number of benzene rings is 2. The Balaban J connectivity index is 1.68. The van der Waals surface area contributed by atoms with Gasteiger partial charge in [-0.15, -0.1) is 6.58 Å². The highest BCUT2D eigenvalue weighted by Crippen LogP contribution is 2.34. The van der Waals surface area contributed by atoms with Gasteiger partial charge in [0.25, 0.3) is 11.8 Å². The molecular weight excluding hydrogens is 360 g/mol. The molecule has 0 fully saturated rings. The third kappa shape index (κ3) is 4.69. The summed E-state index contributed by atoms with van der Waals surface area (Å²) in [6.07, 6.45) is 1.73. The van der Waals surface area contributed by atoms with Crippen molar-refractivity contribution in [1.82, 2.24) is 0 Å². The van der Waals surface area contributed by atoms with E-state index in [9.17, 15) is 9.59 Å². The molecule has 2 aromatic carbocycles. The summed E-state index contributed by atoms with van der Waals surface area (Å²) in [7, 11) is 0. The molecule has 2 aromatic rings. The second kappa shape index (κ2) is 9.05. The van der Waals surface area contributed by atoms with E-state index in [4.69, 9.17) is 14.2 Å². The number of rotatable bonds is 8. The van der Waals surface area contributed by atoms with Gasteiger partial charge in [0.05, 0.1) is 17.9 Å². The van der Waals surface area contributed by atoms with Gasteiger partial charge in [0.2, 0.25) is 6.79 Å². The normalized spacial score (nSPS) is 12.9. The molecule has 28 heavy (non-hydrogen) atoms. The minimum Gasteiger partial charge on any atom is -0.454 e. The lowest BCUT2D eigenvalue weighted by Gasteiger charge is -2.15. The number of anilines is 2. The van der Waals surface area contributed by atoms with E-state index in [0.29, 0.717) is 41.5 Å². The summed E-state index contributed by atoms with van der Waals surface area (Å²) in [5, 5.41) is 5.55. The van der Waals surface area contributed by atoms with Crippen LogP contribution in [0.5, 0.6) is 11.5 Å². The van der Waals surface area contributed by atoms with Crippen LogP contribution in [0, 0.1) is 0 Å². The van der Waals surface area contributed by atoms with Crippen molar-refractivity contribution < 1.29 is 23.8 Å². The number of nitrogens with one attached hydrogen (secondary N) is 2. The Morgan fingerprint density at radius 2 is 1.96 bits per heavy atom. The molecular formula is C21H22N2O5. The molecule has 7 heteroatoms. The SMILES string of the molecule is C=CCCOC(C)C(=O)Nc1ccccc1C(=O)Nc1ccc2c(c1)OCO2. The van der Waals surface area contributed by atoms with Gasteiger partial charge >= 0.3 is 0 Å². The smallest absolute Gasteiger partial charge is 0.257 e. The molecule has 1 atom stereocenters. The van der Waals surface area contributed by atoms with E-state index in [2.05, 4.69) is 17.2 Å². The summed E-state index contributed by atoms with van der Waals surface area (Å²) in [4.78, 5) is 25.1. The first kappa shape index (κ1) is 19.4. The lowest BCUT2D eigenvalue weighted by molar-refractivity contribution is -0.126. The van der Waals surface area contributed by atoms with Crippen LogP contribution in [0.1, 0.15) is 23.7 Å². The monoisotopic (exact) mass is 382 g/mol. The first-order valence-electron chi connectivity index (χ1n) is 8.92. The van der Waals surface area contributed by atoms with E-state index in [0.717, 1.165) is 0 Å². The molecule has 0 saturated carbocycles. The van der Waals surface area contributed by atoms with Crippen molar-refractivity contribution in [3.05, 3.63) is 60.7 Å². The van der Waals surface area contributed by atoms with E-state index in [1.807, 2.05) is 0 Å². The molecule has 2 amide bonds. The first-order chi connectivity index (χ1) is 13.6. The molecule has 146 valence electrons. The molecule has 1 aliphatic rings. The van der Waals surface area contributed by atoms with Gasteiger partial charge in [-0.3, -0.25) is 9.59 Å². The van der Waals surface area contributed by atoms with Crippen LogP contribution >= 0.6 is 0 Å². The number of fused-ring (bicyclic) bond motifs is 1. The first-order valence-corrected chi connectivity index (χ1v) is 8.92. The van der Waals surface area contributed by atoms with Gasteiger partial charge in [0.15, 0.2) is 11.5 Å². The van der Waals surface area contributed by atoms with Crippen molar-refractivity contribution >= 4 is 23.2 Å². The fourth-order valence-corrected chi connectivity index (χ4v) is 2.60. The van der Waals surface area contributed by atoms with Crippen LogP contribution in [0.25, 0.3) is 0 Å². The minimum absolute atomic E-state index is 0.161. The van der Waals surface area contributed by atoms with E-state index in [-0.39, 0.29) is 18.6 Å². The van der Waals surface area contributed by atoms with Gasteiger partial charge < -0.3 is 24.8 Å². The highest BCUT2D eigenvalue weighted by Gasteiger charge is 2.19. The van der Waals surface area contributed by atoms with Crippen LogP contribution in [0.4, 0.5) is 11.4 Å². The van der Waals surface area contributed by atoms with Gasteiger partial charge in [-0.1, -0.05) is 18.2 Å². The lowest BCUT2D eigenvalue weighted by atomic mass is 10.1. The van der Waals surface area contributed by atoms with Crippen molar-refractivity contribution in [3.63, 3.8) is 0 Å². The van der Waals surface area contributed by atoms with Crippen LogP contribution in [0.2, 0.25) is 0 Å². The molecule has 1 aliphatic heterocycles. The predicted molar refractivity (Wildman–Crippen MR) is 106 cm³/mol. The Labute approximate surface area is 163 Å². The predicted octanol–water partition coefficient (Wildman–Crippen LogP) is 3.59. The second-order valence-electron chi connectivity index (χ2n) is 6.15. The lowest BCUT2D eigenvalue weighted by Crippen LogP contribution is -2.29. The Morgan fingerprint density at radius 3 is 2.79 bits per heavy atom. The number of ether oxygens (including phenoxy) is 3. The summed E-state index contributed by atoms with van der Waals surface area (Å²) in [6.45, 7) is 5.84. The molecule has 3 rings (SSSR count). The Bertz CT molecular complexity index is 881. The third-order valence-corrected chi connectivity index (χ3v) is 4.12. The number of carbonyl (C=O) groups excluding carboxylic acids is 2. The number of carbonyl (C=O) groups is 2. The van der Waals surface area contributed by atoms with Crippen LogP contribution in [0.15, 0.2) is 55.1 Å². The molecule has 2 N–H and O–H groups in total. The third-order valence-electron chi connectivity index (χ3n) is 4.12. The molecule has 0 aliphatic carbocycles. The molecule has 1 heterocycles. The van der Waals surface area contributed by atoms with Gasteiger partial charge in [-0.05, 0) is 37.6 Å². The number of hydrogen-bond acceptors (Lipinski definition) is 5. The molecule has 0 radical (unpaired) electrons. The van der Waals surface area contributed by atoms with Gasteiger partial charge in [0, 0.05) is 11.8 Å². The zero-order valence-corrected chi connectivity index (χ0v) is 15.6. The van der Waals surface area contributed by atoms with Gasteiger partial charge in [-0.25, -0.2) is 0 Å². The van der Waals surface area contributed by atoms with E-state index in [1.165, 1.54) is 0 Å². The largest absolute Gasteiger partial charge is 0.454 e. The maximum Gasteiger partial charge on any atom is 0.257 e. The van der Waals surface area contributed by atoms with Crippen molar-refractivity contribution in [2.24, 2.45) is 0 Å². The van der Waals surface area contributed by atoms with Crippen molar-refractivity contribution in [3.8, 4) is 11.5 Å². The van der Waals surface area contributed by atoms with E-state index < -0.39 is 6.10 Å². The van der Waals surface area contributed by atoms with E-state index >= 15 is 0 Å². The van der Waals surface area contributed by atoms with Crippen LogP contribution in [0.3, 0.4) is 0 Å². The van der Waals surface area contributed by atoms with Crippen molar-refractivity contribution in [1.29, 1.82) is 0 Å². The quantitative estimate of drug-likeness (QED) is 0.538. The van der Waals surface area contributed by atoms with Gasteiger partial charge in [0.1, 0.15) is 6.10 Å². The molecule has 7 nitrogen and oxygen atoms in total. The summed E-state index contributed by atoms with van der Waals surface area (Å²) >= 11 is 0. The van der Waals surface area contributed by atoms with Crippen LogP contribution in [-0.4, -0.2) is 31.3 Å². The maximum absolute atomic E-state index is 12.7. The molecule has 0 saturated heterocycles. The second-order valence-corrected chi connectivity index (χ2v) is 6.15. The highest BCUT2D eigenvalue weighted by molar-refractivity contribution is 6.10. The van der Waals surface area contributed by atoms with E-state index in [1.54, 1.807) is 55.5 Å². The Morgan fingerprint density at radius 1 is 1.18 bits per heavy atom. The molecule has 1 unspecified atom stereocenters. The number of amides is 2. The zero-order valence-electron chi connectivity index (χ0n) is 15.6. The summed E-state index contributed by atoms with van der Waals surface area (Å²) in [5.41, 5.74) is 1.31. The average Bonchev–Trinajstić information content (AvgIpc) is 3.16. The summed E-state index contributed by atoms with van der Waals surface area (Å²) in [5.74, 6) is 0.531. The van der Waals surface area contributed by atoms with Crippen molar-refractivity contribution in [2.45, 2.75) is 19.4 Å². The van der Waals surface area contributed by atoms with Crippen LogP contribution < -0.4 is 20.1 Å². The Kier molecular flexibility index (Phi) is 6.29. The number of hydrogen-bond donors (Lipinski definition) is 2. The fraction of sp³-hybridized carbons (Fsp3) is 0.238. The summed E-state index contributed by atoms with van der Waals surface area (Å²) < 4.78 is 16.0. The zero-order chi connectivity index (χ0) is 19.9. The molecule has 0 bridgehead atoms. The number of para-hydroxylation sites is 1. The maximum atomic E-state index is 12.7. The van der Waals surface area contributed by atoms with Gasteiger partial charge in [-0.2, -0.15) is 0 Å². The minimum atomic E-state index is -0.648. The standard InChI is InChI=1S/C21H22N2O5/c1-3-4-11-26-14(2)20(24)23-17-8-6-5-7-16(17)21(25)22-15-9-10-18-19(12-15)28-13-27-18/h3,5-10,12,14H,1,4,11,13H2,2H3,(H,22,25)(H,23,24). The molecule has 0 spiro atoms. The Hall–Kier alpha value is -3.32. The highest BCUT2D eigenvalue weighted by atomic mass is 16.7. The topological polar surface area (TPSA) is 85.9 Å². The molecule has 0 aromatic heterocycles. The average molecular weight is 382 g/mol. The van der Waals surface area contributed by atoms with Crippen LogP contribution in [-0.2, 0) is 9.53 Å². The summed E-state index contributed by atoms with van der Waals surface area (Å²) in [6, 6.07) is 11.9. The van der Waals surface area contributed by atoms with Crippen molar-refractivity contribution in [2.75, 3.05) is 24.0 Å². The fourth-order valence-electron chi connectivity index (χ4n) is 2.60.